The van der Waals surface area contributed by atoms with Gasteiger partial charge in [0.15, 0.2) is 0 Å². The van der Waals surface area contributed by atoms with Crippen molar-refractivity contribution >= 4 is 24.1 Å². The molecule has 0 fully saturated rings. The second-order valence-electron chi connectivity index (χ2n) is 10.6. The molecule has 0 heterocycles. The topological polar surface area (TPSA) is 143 Å². The molecule has 2 amide bonds. The number of halogens is 3. The van der Waals surface area contributed by atoms with Crippen LogP contribution in [-0.4, -0.2) is 49.4 Å². The first kappa shape index (κ1) is 38.3. The van der Waals surface area contributed by atoms with Gasteiger partial charge in [0.05, 0.1) is 12.6 Å². The number of carbonyl (C=O) groups is 4. The number of hydrogen-bond donors (Lipinski definition) is 3. The van der Waals surface area contributed by atoms with Gasteiger partial charge in [-0.05, 0) is 60.9 Å². The van der Waals surface area contributed by atoms with Gasteiger partial charge >= 0.3 is 6.18 Å². The lowest BCUT2D eigenvalue weighted by Gasteiger charge is -2.12. The van der Waals surface area contributed by atoms with Crippen LogP contribution in [0.15, 0.2) is 48.5 Å². The Labute approximate surface area is 258 Å². The fourth-order valence-corrected chi connectivity index (χ4v) is 4.35. The third kappa shape index (κ3) is 16.8. The molecule has 5 N–H and O–H groups in total. The number of amides is 2. The molecule has 244 valence electrons. The van der Waals surface area contributed by atoms with E-state index in [9.17, 15) is 27.6 Å². The Morgan fingerprint density at radius 3 is 1.93 bits per heavy atom. The van der Waals surface area contributed by atoms with Crippen LogP contribution in [0.1, 0.15) is 93.5 Å². The Morgan fingerprint density at radius 1 is 0.864 bits per heavy atom. The number of rotatable bonds is 19. The molecule has 0 bridgehead atoms. The zero-order valence-corrected chi connectivity index (χ0v) is 25.6. The minimum Gasteiger partial charge on any atom is -0.542 e. The predicted octanol–water partition coefficient (Wildman–Crippen LogP) is 4.16. The van der Waals surface area contributed by atoms with Gasteiger partial charge in [0.25, 0.3) is 5.91 Å². The number of aldehydes is 1. The highest BCUT2D eigenvalue weighted by Crippen LogP contribution is 2.21. The van der Waals surface area contributed by atoms with E-state index in [-0.39, 0.29) is 24.8 Å². The maximum absolute atomic E-state index is 12.5. The number of alkyl halides is 3. The summed E-state index contributed by atoms with van der Waals surface area (Å²) >= 11 is 0. The lowest BCUT2D eigenvalue weighted by Crippen LogP contribution is -2.50. The standard InChI is InChI=1S/C31H45N3O3.C2HF3O2/c1-2-3-4-5-6-7-8-11-25-13-15-26(16-14-25)27-17-19-28(20-18-27)31(37)33-23-21-30(36)34-29(24-35)12-9-10-22-32;3-2(4,5)1(6)7/h13-20,24,29H,2-12,21-23,32H2,1H3,(H,33,37)(H,34,36);(H,6,7). The molecular weight excluding hydrogens is 575 g/mol. The minimum absolute atomic E-state index is 0.134. The van der Waals surface area contributed by atoms with Crippen molar-refractivity contribution < 1.29 is 43.2 Å². The predicted molar refractivity (Wildman–Crippen MR) is 161 cm³/mol. The maximum atomic E-state index is 12.5. The Kier molecular flexibility index (Phi) is 19.0. The Balaban J connectivity index is 0.00000123. The van der Waals surface area contributed by atoms with Gasteiger partial charge in [-0.25, -0.2) is 0 Å². The highest BCUT2D eigenvalue weighted by molar-refractivity contribution is 5.95. The third-order valence-electron chi connectivity index (χ3n) is 6.90. The summed E-state index contributed by atoms with van der Waals surface area (Å²) in [6.45, 7) is 3.29. The lowest BCUT2D eigenvalue weighted by molar-refractivity contribution is -0.368. The van der Waals surface area contributed by atoms with Crippen LogP contribution in [-0.2, 0) is 20.8 Å². The highest BCUT2D eigenvalue weighted by Gasteiger charge is 2.28. The van der Waals surface area contributed by atoms with Crippen LogP contribution in [0, 0.1) is 0 Å². The second-order valence-corrected chi connectivity index (χ2v) is 10.6. The summed E-state index contributed by atoms with van der Waals surface area (Å²) in [6, 6.07) is 15.7. The largest absolute Gasteiger partial charge is 0.542 e. The summed E-state index contributed by atoms with van der Waals surface area (Å²) in [5.41, 5.74) is 7.90. The zero-order chi connectivity index (χ0) is 32.8. The van der Waals surface area contributed by atoms with Crippen LogP contribution in [0.25, 0.3) is 11.1 Å². The van der Waals surface area contributed by atoms with Crippen LogP contribution in [0.2, 0.25) is 0 Å². The van der Waals surface area contributed by atoms with Gasteiger partial charge in [0.1, 0.15) is 12.3 Å². The Hall–Kier alpha value is -3.73. The van der Waals surface area contributed by atoms with Gasteiger partial charge in [-0.15, -0.1) is 0 Å². The lowest BCUT2D eigenvalue weighted by atomic mass is 10.00. The molecular formula is C33H46F3N3O5. The van der Waals surface area contributed by atoms with Crippen molar-refractivity contribution in [3.8, 4) is 11.1 Å². The van der Waals surface area contributed by atoms with Crippen molar-refractivity contribution in [2.24, 2.45) is 0 Å². The van der Waals surface area contributed by atoms with E-state index in [1.807, 2.05) is 24.3 Å². The minimum atomic E-state index is -5.19. The molecule has 2 aromatic carbocycles. The molecule has 0 radical (unpaired) electrons. The Bertz CT molecular complexity index is 1120. The molecule has 0 aliphatic heterocycles. The van der Waals surface area contributed by atoms with E-state index in [1.54, 1.807) is 0 Å². The van der Waals surface area contributed by atoms with Crippen LogP contribution >= 0.6 is 0 Å². The monoisotopic (exact) mass is 621 g/mol. The number of nitrogens with one attached hydrogen (secondary N) is 2. The highest BCUT2D eigenvalue weighted by atomic mass is 19.4. The van der Waals surface area contributed by atoms with Crippen LogP contribution in [0.5, 0.6) is 0 Å². The van der Waals surface area contributed by atoms with Gasteiger partial charge in [-0.2, -0.15) is 13.2 Å². The number of hydrogen-bond acceptors (Lipinski definition) is 5. The van der Waals surface area contributed by atoms with E-state index in [2.05, 4.69) is 47.6 Å². The first-order chi connectivity index (χ1) is 21.0. The SMILES string of the molecule is CCCCCCCCCc1ccc(-c2ccc(C(=O)NCCC(=O)NC(C=O)CCCC[NH3+])cc2)cc1.O=C([O-])C(F)(F)F. The van der Waals surface area contributed by atoms with Crippen molar-refractivity contribution in [1.82, 2.24) is 10.6 Å². The second kappa shape index (κ2) is 21.9. The number of aryl methyl sites for hydroxylation is 1. The van der Waals surface area contributed by atoms with Crippen LogP contribution in [0.4, 0.5) is 13.2 Å². The van der Waals surface area contributed by atoms with Gasteiger partial charge in [0.2, 0.25) is 5.91 Å². The smallest absolute Gasteiger partial charge is 0.430 e. The molecule has 1 atom stereocenters. The molecule has 1 unspecified atom stereocenters. The number of aliphatic carboxylic acids is 1. The van der Waals surface area contributed by atoms with E-state index in [4.69, 9.17) is 9.90 Å². The van der Waals surface area contributed by atoms with E-state index in [1.165, 1.54) is 50.5 Å². The number of carboxylic acid groups (broad SMARTS) is 1. The van der Waals surface area contributed by atoms with Gasteiger partial charge in [-0.1, -0.05) is 81.8 Å². The molecule has 0 saturated heterocycles. The molecule has 0 saturated carbocycles. The van der Waals surface area contributed by atoms with Crippen molar-refractivity contribution in [2.75, 3.05) is 13.1 Å². The van der Waals surface area contributed by atoms with Crippen LogP contribution < -0.4 is 21.5 Å². The summed E-state index contributed by atoms with van der Waals surface area (Å²) < 4.78 is 31.5. The molecule has 0 aliphatic carbocycles. The van der Waals surface area contributed by atoms with Gasteiger partial charge < -0.3 is 31.1 Å². The molecule has 0 aliphatic rings. The van der Waals surface area contributed by atoms with Gasteiger partial charge in [0, 0.05) is 18.5 Å². The average Bonchev–Trinajstić information content (AvgIpc) is 3.00. The molecule has 0 spiro atoms. The summed E-state index contributed by atoms with van der Waals surface area (Å²) in [5, 5.41) is 14.3. The molecule has 2 rings (SSSR count). The molecule has 0 aromatic heterocycles. The summed E-state index contributed by atoms with van der Waals surface area (Å²) in [6.07, 6.45) is 8.48. The first-order valence-corrected chi connectivity index (χ1v) is 15.3. The maximum Gasteiger partial charge on any atom is 0.430 e. The fourth-order valence-electron chi connectivity index (χ4n) is 4.35. The number of carboxylic acids is 1. The van der Waals surface area contributed by atoms with E-state index < -0.39 is 18.2 Å². The summed E-state index contributed by atoms with van der Waals surface area (Å²) in [7, 11) is 0. The normalized spacial score (nSPS) is 11.6. The summed E-state index contributed by atoms with van der Waals surface area (Å²) in [5.74, 6) is -3.46. The third-order valence-corrected chi connectivity index (χ3v) is 6.90. The number of carbonyl (C=O) groups excluding carboxylic acids is 4. The quantitative estimate of drug-likeness (QED) is 0.160. The van der Waals surface area contributed by atoms with Crippen molar-refractivity contribution in [2.45, 2.75) is 96.2 Å². The van der Waals surface area contributed by atoms with Crippen molar-refractivity contribution in [3.05, 3.63) is 59.7 Å². The number of unbranched alkanes of at least 4 members (excludes halogenated alkanes) is 7. The first-order valence-electron chi connectivity index (χ1n) is 15.3. The fraction of sp³-hybridized carbons (Fsp3) is 0.515. The van der Waals surface area contributed by atoms with Crippen LogP contribution in [0.3, 0.4) is 0 Å². The Morgan fingerprint density at radius 2 is 1.41 bits per heavy atom. The van der Waals surface area contributed by atoms with E-state index in [0.29, 0.717) is 12.0 Å². The summed E-state index contributed by atoms with van der Waals surface area (Å²) in [4.78, 5) is 44.5. The molecule has 2 aromatic rings. The van der Waals surface area contributed by atoms with Gasteiger partial charge in [-0.3, -0.25) is 9.59 Å². The molecule has 44 heavy (non-hydrogen) atoms. The molecule has 8 nitrogen and oxygen atoms in total. The number of quaternary nitrogens is 1. The van der Waals surface area contributed by atoms with E-state index in [0.717, 1.165) is 43.2 Å². The zero-order valence-electron chi connectivity index (χ0n) is 25.6. The van der Waals surface area contributed by atoms with Crippen molar-refractivity contribution in [3.63, 3.8) is 0 Å². The molecule has 11 heteroatoms. The van der Waals surface area contributed by atoms with Crippen molar-refractivity contribution in [1.29, 1.82) is 0 Å². The average molecular weight is 622 g/mol. The van der Waals surface area contributed by atoms with E-state index >= 15 is 0 Å². The number of benzene rings is 2.